The highest BCUT2D eigenvalue weighted by molar-refractivity contribution is 5.93. The molecule has 132 valence electrons. The number of amides is 2. The summed E-state index contributed by atoms with van der Waals surface area (Å²) in [4.78, 5) is 14.6. The Kier molecular flexibility index (Phi) is 4.59. The largest absolute Gasteiger partial charge is 0.370 e. The van der Waals surface area contributed by atoms with Gasteiger partial charge in [-0.15, -0.1) is 0 Å². The molecule has 4 rings (SSSR count). The molecule has 2 aliphatic rings. The number of hydrogen-bond donors (Lipinski definition) is 2. The molecule has 1 aliphatic heterocycles. The highest BCUT2D eigenvalue weighted by atomic mass is 16.5. The summed E-state index contributed by atoms with van der Waals surface area (Å²) in [7, 11) is 0. The lowest BCUT2D eigenvalue weighted by Crippen LogP contribution is -2.32. The molecule has 2 N–H and O–H groups in total. The van der Waals surface area contributed by atoms with Gasteiger partial charge in [0.1, 0.15) is 11.5 Å². The number of rotatable bonds is 5. The van der Waals surface area contributed by atoms with E-state index in [9.17, 15) is 4.79 Å². The fourth-order valence-electron chi connectivity index (χ4n) is 3.30. The lowest BCUT2D eigenvalue weighted by Gasteiger charge is -2.30. The van der Waals surface area contributed by atoms with Crippen molar-refractivity contribution < 1.29 is 9.32 Å². The van der Waals surface area contributed by atoms with E-state index in [4.69, 9.17) is 4.52 Å². The summed E-state index contributed by atoms with van der Waals surface area (Å²) in [5, 5.41) is 9.85. The minimum Gasteiger partial charge on any atom is -0.370 e. The smallest absolute Gasteiger partial charge is 0.319 e. The van der Waals surface area contributed by atoms with Gasteiger partial charge >= 0.3 is 6.03 Å². The van der Waals surface area contributed by atoms with Crippen molar-refractivity contribution in [2.45, 2.75) is 44.6 Å². The van der Waals surface area contributed by atoms with Crippen molar-refractivity contribution in [1.82, 2.24) is 10.5 Å². The van der Waals surface area contributed by atoms with Crippen LogP contribution in [0, 0.1) is 0 Å². The van der Waals surface area contributed by atoms with Crippen LogP contribution in [-0.2, 0) is 6.54 Å². The maximum absolute atomic E-state index is 12.3. The fraction of sp³-hybridized carbons (Fsp3) is 0.474. The molecular formula is C19H24N4O2. The number of anilines is 2. The number of nitrogens with zero attached hydrogens (tertiary/aromatic N) is 2. The van der Waals surface area contributed by atoms with Crippen LogP contribution in [0.2, 0.25) is 0 Å². The first kappa shape index (κ1) is 16.0. The zero-order valence-corrected chi connectivity index (χ0v) is 14.3. The molecule has 6 heteroatoms. The van der Waals surface area contributed by atoms with Crippen LogP contribution in [0.4, 0.5) is 16.2 Å². The van der Waals surface area contributed by atoms with Crippen molar-refractivity contribution in [2.24, 2.45) is 0 Å². The molecule has 2 aromatic rings. The van der Waals surface area contributed by atoms with Gasteiger partial charge in [-0.25, -0.2) is 4.79 Å². The van der Waals surface area contributed by atoms with E-state index in [0.717, 1.165) is 35.9 Å². The predicted molar refractivity (Wildman–Crippen MR) is 96.8 cm³/mol. The second-order valence-electron chi connectivity index (χ2n) is 6.87. The fourth-order valence-corrected chi connectivity index (χ4v) is 3.30. The molecule has 25 heavy (non-hydrogen) atoms. The van der Waals surface area contributed by atoms with Crippen LogP contribution in [0.3, 0.4) is 0 Å². The molecule has 0 atom stereocenters. The molecule has 2 amide bonds. The van der Waals surface area contributed by atoms with E-state index < -0.39 is 0 Å². The van der Waals surface area contributed by atoms with Gasteiger partial charge in [0.15, 0.2) is 0 Å². The first-order chi connectivity index (χ1) is 12.3. The summed E-state index contributed by atoms with van der Waals surface area (Å²) in [5.74, 6) is 1.47. The zero-order chi connectivity index (χ0) is 17.1. The normalized spacial score (nSPS) is 17.4. The van der Waals surface area contributed by atoms with Gasteiger partial charge in [-0.1, -0.05) is 17.3 Å². The SMILES string of the molecule is O=C(NCc1cc(C2CC2)on1)Nc1ccccc1N1CCCCC1. The van der Waals surface area contributed by atoms with E-state index in [1.165, 1.54) is 32.1 Å². The van der Waals surface area contributed by atoms with Crippen molar-refractivity contribution in [3.8, 4) is 0 Å². The van der Waals surface area contributed by atoms with Crippen LogP contribution in [0.1, 0.15) is 49.5 Å². The molecule has 2 fully saturated rings. The molecular weight excluding hydrogens is 316 g/mol. The number of hydrogen-bond acceptors (Lipinski definition) is 4. The quantitative estimate of drug-likeness (QED) is 0.867. The van der Waals surface area contributed by atoms with Crippen molar-refractivity contribution in [2.75, 3.05) is 23.3 Å². The van der Waals surface area contributed by atoms with Gasteiger partial charge in [-0.05, 0) is 44.2 Å². The van der Waals surface area contributed by atoms with Crippen LogP contribution < -0.4 is 15.5 Å². The Hall–Kier alpha value is -2.50. The maximum Gasteiger partial charge on any atom is 0.319 e. The van der Waals surface area contributed by atoms with Crippen molar-refractivity contribution in [3.63, 3.8) is 0 Å². The van der Waals surface area contributed by atoms with E-state index in [1.54, 1.807) is 0 Å². The highest BCUT2D eigenvalue weighted by Crippen LogP contribution is 2.40. The third kappa shape index (κ3) is 3.95. The second kappa shape index (κ2) is 7.17. The van der Waals surface area contributed by atoms with Crippen LogP contribution in [-0.4, -0.2) is 24.3 Å². The number of piperidine rings is 1. The Bertz CT molecular complexity index is 733. The number of carbonyl (C=O) groups excluding carboxylic acids is 1. The highest BCUT2D eigenvalue weighted by Gasteiger charge is 2.27. The first-order valence-electron chi connectivity index (χ1n) is 9.14. The van der Waals surface area contributed by atoms with Crippen molar-refractivity contribution in [3.05, 3.63) is 41.8 Å². The average molecular weight is 340 g/mol. The summed E-state index contributed by atoms with van der Waals surface area (Å²) in [6, 6.07) is 9.70. The van der Waals surface area contributed by atoms with Gasteiger partial charge in [0, 0.05) is 25.1 Å². The van der Waals surface area contributed by atoms with E-state index >= 15 is 0 Å². The monoisotopic (exact) mass is 340 g/mol. The lowest BCUT2D eigenvalue weighted by atomic mass is 10.1. The second-order valence-corrected chi connectivity index (χ2v) is 6.87. The summed E-state index contributed by atoms with van der Waals surface area (Å²) < 4.78 is 5.31. The Morgan fingerprint density at radius 2 is 2.00 bits per heavy atom. The molecule has 1 saturated carbocycles. The number of para-hydroxylation sites is 2. The van der Waals surface area contributed by atoms with E-state index in [2.05, 4.69) is 26.8 Å². The van der Waals surface area contributed by atoms with Gasteiger partial charge in [0.2, 0.25) is 0 Å². The standard InChI is InChI=1S/C19H24N4O2/c24-19(20-13-15-12-18(25-22-15)14-8-9-14)21-16-6-2-3-7-17(16)23-10-4-1-5-11-23/h2-3,6-7,12,14H,1,4-5,8-11,13H2,(H2,20,21,24). The number of carbonyl (C=O) groups is 1. The molecule has 1 aromatic carbocycles. The summed E-state index contributed by atoms with van der Waals surface area (Å²) in [6.45, 7) is 2.46. The molecule has 1 aliphatic carbocycles. The number of nitrogens with one attached hydrogen (secondary N) is 2. The average Bonchev–Trinajstić information content (AvgIpc) is 3.39. The summed E-state index contributed by atoms with van der Waals surface area (Å²) >= 11 is 0. The molecule has 1 aromatic heterocycles. The predicted octanol–water partition coefficient (Wildman–Crippen LogP) is 3.86. The first-order valence-corrected chi connectivity index (χ1v) is 9.14. The molecule has 0 bridgehead atoms. The zero-order valence-electron chi connectivity index (χ0n) is 14.3. The topological polar surface area (TPSA) is 70.4 Å². The van der Waals surface area contributed by atoms with Gasteiger partial charge in [-0.2, -0.15) is 0 Å². The maximum atomic E-state index is 12.3. The Morgan fingerprint density at radius 3 is 2.80 bits per heavy atom. The van der Waals surface area contributed by atoms with E-state index in [-0.39, 0.29) is 6.03 Å². The van der Waals surface area contributed by atoms with Crippen LogP contribution in [0.25, 0.3) is 0 Å². The number of aromatic nitrogens is 1. The van der Waals surface area contributed by atoms with Gasteiger partial charge in [0.25, 0.3) is 0 Å². The molecule has 0 radical (unpaired) electrons. The lowest BCUT2D eigenvalue weighted by molar-refractivity contribution is 0.251. The van der Waals surface area contributed by atoms with Gasteiger partial charge in [0.05, 0.1) is 17.9 Å². The number of benzene rings is 1. The third-order valence-electron chi connectivity index (χ3n) is 4.84. The van der Waals surface area contributed by atoms with Crippen LogP contribution in [0.15, 0.2) is 34.9 Å². The minimum absolute atomic E-state index is 0.222. The molecule has 6 nitrogen and oxygen atoms in total. The van der Waals surface area contributed by atoms with Crippen molar-refractivity contribution in [1.29, 1.82) is 0 Å². The third-order valence-corrected chi connectivity index (χ3v) is 4.84. The summed E-state index contributed by atoms with van der Waals surface area (Å²) in [6.07, 6.45) is 6.05. The van der Waals surface area contributed by atoms with Crippen molar-refractivity contribution >= 4 is 17.4 Å². The molecule has 1 saturated heterocycles. The van der Waals surface area contributed by atoms with E-state index in [1.807, 2.05) is 24.3 Å². The van der Waals surface area contributed by atoms with Gasteiger partial charge in [-0.3, -0.25) is 0 Å². The minimum atomic E-state index is -0.222. The van der Waals surface area contributed by atoms with Crippen LogP contribution >= 0.6 is 0 Å². The molecule has 0 spiro atoms. The number of urea groups is 1. The Morgan fingerprint density at radius 1 is 1.20 bits per heavy atom. The Balaban J connectivity index is 1.35. The molecule has 2 heterocycles. The summed E-state index contributed by atoms with van der Waals surface area (Å²) in [5.41, 5.74) is 2.71. The van der Waals surface area contributed by atoms with Gasteiger partial charge < -0.3 is 20.1 Å². The van der Waals surface area contributed by atoms with E-state index in [0.29, 0.717) is 12.5 Å². The Labute approximate surface area is 147 Å². The van der Waals surface area contributed by atoms with Crippen LogP contribution in [0.5, 0.6) is 0 Å². The molecule has 0 unspecified atom stereocenters.